The van der Waals surface area contributed by atoms with Crippen LogP contribution in [0.15, 0.2) is 45.9 Å². The SMILES string of the molecule is Cc1cc(C)cc(N=Cc2cc(Br)ccc2O)c1. The van der Waals surface area contributed by atoms with Gasteiger partial charge in [-0.25, -0.2) is 0 Å². The second-order valence-corrected chi connectivity index (χ2v) is 5.22. The van der Waals surface area contributed by atoms with Crippen molar-refractivity contribution in [2.24, 2.45) is 4.99 Å². The second kappa shape index (κ2) is 5.36. The van der Waals surface area contributed by atoms with Crippen LogP contribution in [0.5, 0.6) is 5.75 Å². The molecule has 0 aliphatic carbocycles. The Kier molecular flexibility index (Phi) is 3.82. The Hall–Kier alpha value is -1.61. The lowest BCUT2D eigenvalue weighted by Gasteiger charge is -2.01. The van der Waals surface area contributed by atoms with E-state index in [1.165, 1.54) is 11.1 Å². The highest BCUT2D eigenvalue weighted by atomic mass is 79.9. The fourth-order valence-electron chi connectivity index (χ4n) is 1.80. The first-order valence-corrected chi connectivity index (χ1v) is 6.45. The topological polar surface area (TPSA) is 32.6 Å². The van der Waals surface area contributed by atoms with Crippen LogP contribution in [0.2, 0.25) is 0 Å². The maximum Gasteiger partial charge on any atom is 0.124 e. The van der Waals surface area contributed by atoms with E-state index in [-0.39, 0.29) is 5.75 Å². The van der Waals surface area contributed by atoms with Gasteiger partial charge in [-0.3, -0.25) is 4.99 Å². The zero-order valence-electron chi connectivity index (χ0n) is 10.3. The molecule has 2 aromatic rings. The number of aryl methyl sites for hydroxylation is 2. The maximum atomic E-state index is 9.71. The van der Waals surface area contributed by atoms with E-state index >= 15 is 0 Å². The van der Waals surface area contributed by atoms with Gasteiger partial charge in [0.15, 0.2) is 0 Å². The maximum absolute atomic E-state index is 9.71. The van der Waals surface area contributed by atoms with Gasteiger partial charge in [0.2, 0.25) is 0 Å². The van der Waals surface area contributed by atoms with E-state index in [0.29, 0.717) is 5.56 Å². The molecule has 0 saturated carbocycles. The third-order valence-electron chi connectivity index (χ3n) is 2.55. The molecule has 92 valence electrons. The zero-order valence-corrected chi connectivity index (χ0v) is 11.9. The van der Waals surface area contributed by atoms with Crippen LogP contribution in [-0.4, -0.2) is 11.3 Å². The van der Waals surface area contributed by atoms with Gasteiger partial charge >= 0.3 is 0 Å². The molecule has 0 heterocycles. The minimum absolute atomic E-state index is 0.228. The Morgan fingerprint density at radius 1 is 1.06 bits per heavy atom. The minimum atomic E-state index is 0.228. The molecule has 0 unspecified atom stereocenters. The number of aromatic hydroxyl groups is 1. The lowest BCUT2D eigenvalue weighted by molar-refractivity contribution is 0.474. The summed E-state index contributed by atoms with van der Waals surface area (Å²) in [6, 6.07) is 11.4. The number of benzene rings is 2. The van der Waals surface area contributed by atoms with Gasteiger partial charge in [0.25, 0.3) is 0 Å². The fourth-order valence-corrected chi connectivity index (χ4v) is 2.18. The summed E-state index contributed by atoms with van der Waals surface area (Å²) in [5.74, 6) is 0.228. The summed E-state index contributed by atoms with van der Waals surface area (Å²) in [5, 5.41) is 9.71. The second-order valence-electron chi connectivity index (χ2n) is 4.31. The summed E-state index contributed by atoms with van der Waals surface area (Å²) in [6.07, 6.45) is 1.67. The van der Waals surface area contributed by atoms with Crippen molar-refractivity contribution in [2.75, 3.05) is 0 Å². The van der Waals surface area contributed by atoms with Crippen LogP contribution in [0.3, 0.4) is 0 Å². The van der Waals surface area contributed by atoms with Crippen molar-refractivity contribution < 1.29 is 5.11 Å². The van der Waals surface area contributed by atoms with Crippen molar-refractivity contribution in [3.63, 3.8) is 0 Å². The van der Waals surface area contributed by atoms with Gasteiger partial charge in [-0.05, 0) is 55.3 Å². The molecule has 0 aliphatic rings. The summed E-state index contributed by atoms with van der Waals surface area (Å²) in [7, 11) is 0. The van der Waals surface area contributed by atoms with Crippen molar-refractivity contribution in [3.8, 4) is 5.75 Å². The molecular weight excluding hydrogens is 290 g/mol. The highest BCUT2D eigenvalue weighted by Crippen LogP contribution is 2.22. The summed E-state index contributed by atoms with van der Waals surface area (Å²) in [4.78, 5) is 4.39. The van der Waals surface area contributed by atoms with Crippen LogP contribution < -0.4 is 0 Å². The third kappa shape index (κ3) is 3.20. The molecule has 0 radical (unpaired) electrons. The Balaban J connectivity index is 2.32. The van der Waals surface area contributed by atoms with E-state index in [9.17, 15) is 5.11 Å². The Morgan fingerprint density at radius 3 is 2.39 bits per heavy atom. The minimum Gasteiger partial charge on any atom is -0.507 e. The Labute approximate surface area is 115 Å². The molecule has 2 aromatic carbocycles. The fraction of sp³-hybridized carbons (Fsp3) is 0.133. The third-order valence-corrected chi connectivity index (χ3v) is 3.04. The van der Waals surface area contributed by atoms with Gasteiger partial charge in [0.1, 0.15) is 5.75 Å². The number of halogens is 1. The van der Waals surface area contributed by atoms with Gasteiger partial charge in [-0.15, -0.1) is 0 Å². The predicted octanol–water partition coefficient (Wildman–Crippen LogP) is 4.52. The molecule has 2 nitrogen and oxygen atoms in total. The first-order valence-electron chi connectivity index (χ1n) is 5.65. The molecular formula is C15H14BrNO. The predicted molar refractivity (Wildman–Crippen MR) is 79.0 cm³/mol. The smallest absolute Gasteiger partial charge is 0.124 e. The lowest BCUT2D eigenvalue weighted by Crippen LogP contribution is -1.83. The van der Waals surface area contributed by atoms with Gasteiger partial charge in [-0.2, -0.15) is 0 Å². The average molecular weight is 304 g/mol. The van der Waals surface area contributed by atoms with Crippen LogP contribution in [-0.2, 0) is 0 Å². The highest BCUT2D eigenvalue weighted by molar-refractivity contribution is 9.10. The average Bonchev–Trinajstić information content (AvgIpc) is 2.29. The molecule has 1 N–H and O–H groups in total. The highest BCUT2D eigenvalue weighted by Gasteiger charge is 1.99. The molecule has 0 aliphatic heterocycles. The van der Waals surface area contributed by atoms with Crippen molar-refractivity contribution in [1.82, 2.24) is 0 Å². The van der Waals surface area contributed by atoms with Crippen molar-refractivity contribution in [2.45, 2.75) is 13.8 Å². The molecule has 0 fully saturated rings. The van der Waals surface area contributed by atoms with E-state index in [1.807, 2.05) is 32.0 Å². The van der Waals surface area contributed by atoms with Crippen LogP contribution in [0.25, 0.3) is 0 Å². The molecule has 0 bridgehead atoms. The molecule has 0 saturated heterocycles. The van der Waals surface area contributed by atoms with Gasteiger partial charge in [0.05, 0.1) is 5.69 Å². The summed E-state index contributed by atoms with van der Waals surface area (Å²) in [5.41, 5.74) is 3.96. The molecule has 18 heavy (non-hydrogen) atoms. The van der Waals surface area contributed by atoms with E-state index < -0.39 is 0 Å². The zero-order chi connectivity index (χ0) is 13.1. The van der Waals surface area contributed by atoms with E-state index in [2.05, 4.69) is 27.0 Å². The van der Waals surface area contributed by atoms with Crippen molar-refractivity contribution >= 4 is 27.8 Å². The van der Waals surface area contributed by atoms with Crippen LogP contribution in [0, 0.1) is 13.8 Å². The number of hydrogen-bond acceptors (Lipinski definition) is 2. The number of phenolic OH excluding ortho intramolecular Hbond substituents is 1. The number of aliphatic imine (C=N–C) groups is 1. The van der Waals surface area contributed by atoms with Crippen LogP contribution in [0.4, 0.5) is 5.69 Å². The van der Waals surface area contributed by atoms with Crippen molar-refractivity contribution in [1.29, 1.82) is 0 Å². The Morgan fingerprint density at radius 2 is 1.72 bits per heavy atom. The molecule has 0 aromatic heterocycles. The first-order chi connectivity index (χ1) is 8.54. The normalized spacial score (nSPS) is 11.1. The van der Waals surface area contributed by atoms with E-state index in [0.717, 1.165) is 10.2 Å². The van der Waals surface area contributed by atoms with E-state index in [4.69, 9.17) is 0 Å². The Bertz CT molecular complexity index is 585. The summed E-state index contributed by atoms with van der Waals surface area (Å²) < 4.78 is 0.919. The first kappa shape index (κ1) is 12.8. The standard InChI is InChI=1S/C15H14BrNO/c1-10-5-11(2)7-14(6-10)17-9-12-8-13(16)3-4-15(12)18/h3-9,18H,1-2H3. The summed E-state index contributed by atoms with van der Waals surface area (Å²) in [6.45, 7) is 4.09. The quantitative estimate of drug-likeness (QED) is 0.813. The number of phenols is 1. The number of hydrogen-bond donors (Lipinski definition) is 1. The van der Waals surface area contributed by atoms with Gasteiger partial charge in [0, 0.05) is 16.3 Å². The van der Waals surface area contributed by atoms with Gasteiger partial charge < -0.3 is 5.11 Å². The molecule has 2 rings (SSSR count). The molecule has 0 amide bonds. The van der Waals surface area contributed by atoms with Crippen LogP contribution >= 0.6 is 15.9 Å². The largest absolute Gasteiger partial charge is 0.507 e. The molecule has 0 spiro atoms. The lowest BCUT2D eigenvalue weighted by atomic mass is 10.1. The summed E-state index contributed by atoms with van der Waals surface area (Å²) >= 11 is 3.37. The molecule has 3 heteroatoms. The molecule has 0 atom stereocenters. The van der Waals surface area contributed by atoms with Gasteiger partial charge in [-0.1, -0.05) is 22.0 Å². The van der Waals surface area contributed by atoms with Crippen LogP contribution in [0.1, 0.15) is 16.7 Å². The number of nitrogens with zero attached hydrogens (tertiary/aromatic N) is 1. The monoisotopic (exact) mass is 303 g/mol. The number of rotatable bonds is 2. The van der Waals surface area contributed by atoms with Crippen molar-refractivity contribution in [3.05, 3.63) is 57.6 Å². The van der Waals surface area contributed by atoms with E-state index in [1.54, 1.807) is 18.3 Å².